The van der Waals surface area contributed by atoms with Gasteiger partial charge in [-0.1, -0.05) is 34.1 Å². The predicted molar refractivity (Wildman–Crippen MR) is 116 cm³/mol. The van der Waals surface area contributed by atoms with Crippen molar-refractivity contribution in [2.24, 2.45) is 0 Å². The first-order valence-electron chi connectivity index (χ1n) is 8.66. The van der Waals surface area contributed by atoms with Gasteiger partial charge >= 0.3 is 0 Å². The summed E-state index contributed by atoms with van der Waals surface area (Å²) >= 11 is 5.12. The molecule has 138 valence electrons. The van der Waals surface area contributed by atoms with E-state index in [9.17, 15) is 4.79 Å². The van der Waals surface area contributed by atoms with E-state index >= 15 is 0 Å². The maximum absolute atomic E-state index is 12.6. The number of nitrogens with one attached hydrogen (secondary N) is 1. The molecule has 0 atom stereocenters. The highest BCUT2D eigenvalue weighted by Crippen LogP contribution is 2.29. The number of carbonyl (C=O) groups excluding carboxylic acids is 1. The van der Waals surface area contributed by atoms with Crippen LogP contribution in [0, 0.1) is 0 Å². The second-order valence-corrected chi connectivity index (χ2v) is 7.78. The summed E-state index contributed by atoms with van der Waals surface area (Å²) in [6.45, 7) is 2.55. The molecule has 1 amide bonds. The lowest BCUT2D eigenvalue weighted by Crippen LogP contribution is -2.12. The van der Waals surface area contributed by atoms with Gasteiger partial charge in [0.05, 0.1) is 6.61 Å². The van der Waals surface area contributed by atoms with Gasteiger partial charge in [0.2, 0.25) is 0 Å². The number of halogens is 1. The zero-order valence-electron chi connectivity index (χ0n) is 14.9. The van der Waals surface area contributed by atoms with Crippen LogP contribution >= 0.6 is 27.7 Å². The zero-order chi connectivity index (χ0) is 19.1. The molecule has 0 saturated heterocycles. The van der Waals surface area contributed by atoms with Gasteiger partial charge in [-0.15, -0.1) is 11.8 Å². The fourth-order valence-electron chi connectivity index (χ4n) is 2.54. The van der Waals surface area contributed by atoms with E-state index in [0.717, 1.165) is 27.2 Å². The number of amides is 1. The van der Waals surface area contributed by atoms with E-state index in [1.54, 1.807) is 17.8 Å². The number of benzene rings is 3. The maximum atomic E-state index is 12.6. The Morgan fingerprint density at radius 2 is 1.78 bits per heavy atom. The highest BCUT2D eigenvalue weighted by Gasteiger charge is 2.11. The van der Waals surface area contributed by atoms with Crippen LogP contribution in [-0.4, -0.2) is 12.5 Å². The summed E-state index contributed by atoms with van der Waals surface area (Å²) in [7, 11) is 0. The van der Waals surface area contributed by atoms with Crippen LogP contribution in [0.4, 0.5) is 5.69 Å². The van der Waals surface area contributed by atoms with Crippen LogP contribution in [0.1, 0.15) is 22.8 Å². The van der Waals surface area contributed by atoms with Gasteiger partial charge in [-0.3, -0.25) is 4.79 Å². The molecule has 3 nitrogen and oxygen atoms in total. The Labute approximate surface area is 172 Å². The van der Waals surface area contributed by atoms with E-state index < -0.39 is 0 Å². The Balaban J connectivity index is 1.77. The molecule has 0 bridgehead atoms. The van der Waals surface area contributed by atoms with Crippen LogP contribution in [0.5, 0.6) is 5.75 Å². The van der Waals surface area contributed by atoms with Crippen molar-refractivity contribution < 1.29 is 9.53 Å². The minimum atomic E-state index is -0.133. The highest BCUT2D eigenvalue weighted by molar-refractivity contribution is 9.10. The molecule has 0 fully saturated rings. The monoisotopic (exact) mass is 441 g/mol. The molecular weight excluding hydrogens is 422 g/mol. The van der Waals surface area contributed by atoms with E-state index in [0.29, 0.717) is 12.2 Å². The van der Waals surface area contributed by atoms with Crippen molar-refractivity contribution in [3.05, 3.63) is 88.4 Å². The lowest BCUT2D eigenvalue weighted by molar-refractivity contribution is 0.102. The molecule has 0 aromatic heterocycles. The van der Waals surface area contributed by atoms with Gasteiger partial charge in [0.25, 0.3) is 5.91 Å². The Morgan fingerprint density at radius 1 is 1.04 bits per heavy atom. The maximum Gasteiger partial charge on any atom is 0.255 e. The van der Waals surface area contributed by atoms with Crippen LogP contribution < -0.4 is 10.1 Å². The Bertz CT molecular complexity index is 898. The number of thioether (sulfide) groups is 1. The minimum Gasteiger partial charge on any atom is -0.494 e. The molecule has 0 saturated carbocycles. The van der Waals surface area contributed by atoms with Crippen LogP contribution in [0.15, 0.2) is 82.2 Å². The average molecular weight is 442 g/mol. The van der Waals surface area contributed by atoms with Crippen molar-refractivity contribution in [1.82, 2.24) is 0 Å². The molecule has 0 radical (unpaired) electrons. The molecule has 27 heavy (non-hydrogen) atoms. The van der Waals surface area contributed by atoms with Crippen LogP contribution in [0.3, 0.4) is 0 Å². The molecular formula is C22H20BrNO2S. The van der Waals surface area contributed by atoms with Crippen LogP contribution in [0.2, 0.25) is 0 Å². The summed E-state index contributed by atoms with van der Waals surface area (Å²) in [6, 6.07) is 23.3. The summed E-state index contributed by atoms with van der Waals surface area (Å²) in [6.07, 6.45) is 0. The zero-order valence-corrected chi connectivity index (χ0v) is 17.3. The Kier molecular flexibility index (Phi) is 6.96. The minimum absolute atomic E-state index is 0.133. The second kappa shape index (κ2) is 9.62. The predicted octanol–water partition coefficient (Wildman–Crippen LogP) is 6.39. The van der Waals surface area contributed by atoms with Crippen molar-refractivity contribution in [2.45, 2.75) is 17.6 Å². The molecule has 3 rings (SSSR count). The molecule has 0 aliphatic rings. The van der Waals surface area contributed by atoms with Crippen LogP contribution in [-0.2, 0) is 5.75 Å². The van der Waals surface area contributed by atoms with Crippen LogP contribution in [0.25, 0.3) is 0 Å². The summed E-state index contributed by atoms with van der Waals surface area (Å²) in [5.41, 5.74) is 2.39. The number of carbonyl (C=O) groups is 1. The number of rotatable bonds is 7. The SMILES string of the molecule is CCOc1ccc(C(=O)Nc2ccc(Br)cc2)cc1CSc1ccccc1. The van der Waals surface area contributed by atoms with Crippen molar-refractivity contribution in [3.8, 4) is 5.75 Å². The number of anilines is 1. The van der Waals surface area contributed by atoms with E-state index in [1.165, 1.54) is 4.90 Å². The molecule has 0 unspecified atom stereocenters. The number of hydrogen-bond acceptors (Lipinski definition) is 3. The Morgan fingerprint density at radius 3 is 2.48 bits per heavy atom. The third-order valence-electron chi connectivity index (χ3n) is 3.86. The van der Waals surface area contributed by atoms with E-state index in [2.05, 4.69) is 33.4 Å². The van der Waals surface area contributed by atoms with Gasteiger partial charge in [0, 0.05) is 31.9 Å². The molecule has 1 N–H and O–H groups in total. The fraction of sp³-hybridized carbons (Fsp3) is 0.136. The van der Waals surface area contributed by atoms with Crippen molar-refractivity contribution in [2.75, 3.05) is 11.9 Å². The van der Waals surface area contributed by atoms with E-state index in [4.69, 9.17) is 4.74 Å². The standard InChI is InChI=1S/C22H20BrNO2S/c1-2-26-21-13-8-16(22(25)24-19-11-9-18(23)10-12-19)14-17(21)15-27-20-6-4-3-5-7-20/h3-14H,2,15H2,1H3,(H,24,25). The van der Waals surface area contributed by atoms with Gasteiger partial charge < -0.3 is 10.1 Å². The molecule has 3 aromatic carbocycles. The summed E-state index contributed by atoms with van der Waals surface area (Å²) in [5.74, 6) is 1.42. The lowest BCUT2D eigenvalue weighted by atomic mass is 10.1. The molecule has 0 heterocycles. The van der Waals surface area contributed by atoms with Gasteiger partial charge in [-0.25, -0.2) is 0 Å². The summed E-state index contributed by atoms with van der Waals surface area (Å²) < 4.78 is 6.72. The van der Waals surface area contributed by atoms with Gasteiger partial charge in [0.1, 0.15) is 5.75 Å². The van der Waals surface area contributed by atoms with Crippen molar-refractivity contribution >= 4 is 39.3 Å². The first-order chi connectivity index (χ1) is 13.2. The smallest absolute Gasteiger partial charge is 0.255 e. The molecule has 0 spiro atoms. The number of ether oxygens (including phenoxy) is 1. The first-order valence-corrected chi connectivity index (χ1v) is 10.4. The third kappa shape index (κ3) is 5.62. The topological polar surface area (TPSA) is 38.3 Å². The van der Waals surface area contributed by atoms with Gasteiger partial charge in [0.15, 0.2) is 0 Å². The van der Waals surface area contributed by atoms with Gasteiger partial charge in [-0.05, 0) is 61.5 Å². The highest BCUT2D eigenvalue weighted by atomic mass is 79.9. The number of hydrogen-bond donors (Lipinski definition) is 1. The quantitative estimate of drug-likeness (QED) is 0.431. The van der Waals surface area contributed by atoms with Crippen molar-refractivity contribution in [1.29, 1.82) is 0 Å². The Hall–Kier alpha value is -2.24. The first kappa shape index (κ1) is 19.5. The fourth-order valence-corrected chi connectivity index (χ4v) is 3.71. The summed E-state index contributed by atoms with van der Waals surface area (Å²) in [5, 5.41) is 2.93. The molecule has 3 aromatic rings. The molecule has 0 aliphatic carbocycles. The average Bonchev–Trinajstić information content (AvgIpc) is 2.70. The molecule has 0 aliphatic heterocycles. The molecule has 5 heteroatoms. The van der Waals surface area contributed by atoms with E-state index in [-0.39, 0.29) is 5.91 Å². The summed E-state index contributed by atoms with van der Waals surface area (Å²) in [4.78, 5) is 13.8. The van der Waals surface area contributed by atoms with Gasteiger partial charge in [-0.2, -0.15) is 0 Å². The second-order valence-electron chi connectivity index (χ2n) is 5.82. The van der Waals surface area contributed by atoms with E-state index in [1.807, 2.05) is 61.5 Å². The lowest BCUT2D eigenvalue weighted by Gasteiger charge is -2.12. The normalized spacial score (nSPS) is 10.4. The largest absolute Gasteiger partial charge is 0.494 e. The van der Waals surface area contributed by atoms with Crippen molar-refractivity contribution in [3.63, 3.8) is 0 Å². The third-order valence-corrected chi connectivity index (χ3v) is 5.45.